The Bertz CT molecular complexity index is 1340. The van der Waals surface area contributed by atoms with Crippen LogP contribution in [0, 0.1) is 0 Å². The van der Waals surface area contributed by atoms with E-state index in [-0.39, 0.29) is 18.6 Å². The lowest BCUT2D eigenvalue weighted by atomic mass is 10.1. The van der Waals surface area contributed by atoms with E-state index in [9.17, 15) is 9.90 Å². The third kappa shape index (κ3) is 5.62. The predicted octanol–water partition coefficient (Wildman–Crippen LogP) is 4.26. The highest BCUT2D eigenvalue weighted by atomic mass is 16.7. The summed E-state index contributed by atoms with van der Waals surface area (Å²) in [5.74, 6) is 2.09. The number of likely N-dealkylation sites (N-methyl/N-ethyl adjacent to an activating group) is 1. The van der Waals surface area contributed by atoms with Crippen molar-refractivity contribution >= 4 is 28.5 Å². The monoisotopic (exact) mass is 523 g/mol. The van der Waals surface area contributed by atoms with Gasteiger partial charge in [0, 0.05) is 37.6 Å². The van der Waals surface area contributed by atoms with Crippen LogP contribution in [0.1, 0.15) is 32.8 Å². The molecular formula is C27H33N5O6. The van der Waals surface area contributed by atoms with Gasteiger partial charge in [0.2, 0.25) is 6.79 Å². The average molecular weight is 524 g/mol. The van der Waals surface area contributed by atoms with Gasteiger partial charge < -0.3 is 39.2 Å². The third-order valence-electron chi connectivity index (χ3n) is 6.26. The summed E-state index contributed by atoms with van der Waals surface area (Å²) in [5, 5.41) is 14.7. The van der Waals surface area contributed by atoms with Crippen LogP contribution < -0.4 is 19.5 Å². The predicted molar refractivity (Wildman–Crippen MR) is 141 cm³/mol. The van der Waals surface area contributed by atoms with Crippen molar-refractivity contribution in [3.8, 4) is 23.0 Å². The summed E-state index contributed by atoms with van der Waals surface area (Å²) in [5.41, 5.74) is 1.67. The summed E-state index contributed by atoms with van der Waals surface area (Å²) in [6.45, 7) is 8.11. The largest absolute Gasteiger partial charge is 0.504 e. The van der Waals surface area contributed by atoms with Gasteiger partial charge in [-0.05, 0) is 51.9 Å². The maximum atomic E-state index is 12.9. The lowest BCUT2D eigenvalue weighted by molar-refractivity contribution is 0.0227. The quantitative estimate of drug-likeness (QED) is 0.442. The van der Waals surface area contributed by atoms with E-state index < -0.39 is 5.60 Å². The van der Waals surface area contributed by atoms with E-state index in [1.54, 1.807) is 17.0 Å². The molecule has 38 heavy (non-hydrogen) atoms. The number of amides is 1. The van der Waals surface area contributed by atoms with Crippen LogP contribution in [-0.4, -0.2) is 76.7 Å². The Hall–Kier alpha value is -3.99. The fourth-order valence-electron chi connectivity index (χ4n) is 4.41. The lowest BCUT2D eigenvalue weighted by Gasteiger charge is -2.29. The van der Waals surface area contributed by atoms with Gasteiger partial charge in [-0.25, -0.2) is 14.8 Å². The van der Waals surface area contributed by atoms with E-state index in [0.717, 1.165) is 11.3 Å². The maximum Gasteiger partial charge on any atom is 0.410 e. The first-order valence-corrected chi connectivity index (χ1v) is 12.6. The second kappa shape index (κ2) is 10.4. The number of phenolic OH excluding ortho intramolecular Hbond substituents is 1. The zero-order chi connectivity index (χ0) is 26.9. The highest BCUT2D eigenvalue weighted by Crippen LogP contribution is 2.44. The lowest BCUT2D eigenvalue weighted by Crippen LogP contribution is -2.41. The number of rotatable bonds is 0. The molecule has 3 aromatic rings. The molecule has 2 aromatic carbocycles. The number of aromatic nitrogens is 2. The number of hydrogen-bond donors (Lipinski definition) is 2. The Balaban J connectivity index is 1.53. The van der Waals surface area contributed by atoms with Crippen molar-refractivity contribution in [3.05, 3.63) is 36.2 Å². The van der Waals surface area contributed by atoms with E-state index >= 15 is 0 Å². The van der Waals surface area contributed by atoms with Crippen molar-refractivity contribution in [1.29, 1.82) is 0 Å². The molecule has 3 heterocycles. The molecule has 202 valence electrons. The summed E-state index contributed by atoms with van der Waals surface area (Å²) in [6, 6.07) is 7.16. The summed E-state index contributed by atoms with van der Waals surface area (Å²) >= 11 is 0. The minimum absolute atomic E-state index is 0.0214. The number of anilines is 2. The van der Waals surface area contributed by atoms with Gasteiger partial charge in [-0.2, -0.15) is 0 Å². The normalized spacial score (nSPS) is 16.6. The zero-order valence-corrected chi connectivity index (χ0v) is 22.1. The van der Waals surface area contributed by atoms with Crippen LogP contribution in [0.4, 0.5) is 16.3 Å². The van der Waals surface area contributed by atoms with Crippen molar-refractivity contribution in [1.82, 2.24) is 19.8 Å². The summed E-state index contributed by atoms with van der Waals surface area (Å²) in [6.07, 6.45) is 1.64. The highest BCUT2D eigenvalue weighted by Gasteiger charge is 2.25. The van der Waals surface area contributed by atoms with Crippen LogP contribution in [0.3, 0.4) is 0 Å². The van der Waals surface area contributed by atoms with Crippen LogP contribution in [0.25, 0.3) is 10.9 Å². The van der Waals surface area contributed by atoms with Crippen molar-refractivity contribution in [3.63, 3.8) is 0 Å². The third-order valence-corrected chi connectivity index (χ3v) is 6.26. The minimum atomic E-state index is -0.599. The van der Waals surface area contributed by atoms with Gasteiger partial charge >= 0.3 is 6.09 Å². The fraction of sp³-hybridized carbons (Fsp3) is 0.444. The van der Waals surface area contributed by atoms with Crippen LogP contribution in [0.2, 0.25) is 0 Å². The summed E-state index contributed by atoms with van der Waals surface area (Å²) in [7, 11) is 2.00. The molecule has 0 radical (unpaired) electrons. The van der Waals surface area contributed by atoms with Gasteiger partial charge in [0.1, 0.15) is 17.7 Å². The summed E-state index contributed by atoms with van der Waals surface area (Å²) < 4.78 is 23.0. The molecule has 1 amide bonds. The molecule has 11 heteroatoms. The maximum absolute atomic E-state index is 12.9. The van der Waals surface area contributed by atoms with Crippen molar-refractivity contribution in [2.24, 2.45) is 0 Å². The van der Waals surface area contributed by atoms with E-state index in [4.69, 9.17) is 18.9 Å². The standard InChI is InChI=1S/C27H33N5O6/c1-27(2,3)38-26(34)32-8-5-11-35-22-12-18-19(13-20(22)33)28-15-29-25(18)30-23-17(14-31(4)9-10-32)6-7-21-24(23)37-16-36-21/h6-7,12-13,15,33H,5,8-11,14,16H2,1-4H3,(H,28,29,30). The Morgan fingerprint density at radius 3 is 2.74 bits per heavy atom. The van der Waals surface area contributed by atoms with E-state index in [1.165, 1.54) is 6.33 Å². The Morgan fingerprint density at radius 1 is 1.08 bits per heavy atom. The van der Waals surface area contributed by atoms with Crippen molar-refractivity contribution < 1.29 is 28.8 Å². The molecular weight excluding hydrogens is 490 g/mol. The number of phenols is 1. The number of carbonyl (C=O) groups is 1. The molecule has 0 aliphatic carbocycles. The molecule has 2 aliphatic heterocycles. The molecule has 0 saturated carbocycles. The molecule has 2 bridgehead atoms. The van der Waals surface area contributed by atoms with Gasteiger partial charge in [0.05, 0.1) is 17.8 Å². The number of nitrogens with one attached hydrogen (secondary N) is 1. The number of hydrogen-bond acceptors (Lipinski definition) is 10. The molecule has 5 rings (SSSR count). The zero-order valence-electron chi connectivity index (χ0n) is 22.1. The van der Waals surface area contributed by atoms with E-state index in [2.05, 4.69) is 20.2 Å². The smallest absolute Gasteiger partial charge is 0.410 e. The number of benzene rings is 2. The average Bonchev–Trinajstić information content (AvgIpc) is 3.33. The van der Waals surface area contributed by atoms with Gasteiger partial charge in [-0.3, -0.25) is 0 Å². The topological polar surface area (TPSA) is 119 Å². The van der Waals surface area contributed by atoms with E-state index in [0.29, 0.717) is 73.2 Å². The van der Waals surface area contributed by atoms with Crippen LogP contribution in [-0.2, 0) is 11.3 Å². The Labute approximate surface area is 221 Å². The van der Waals surface area contributed by atoms with Crippen LogP contribution >= 0.6 is 0 Å². The van der Waals surface area contributed by atoms with Crippen molar-refractivity contribution in [2.75, 3.05) is 45.4 Å². The van der Waals surface area contributed by atoms with Crippen LogP contribution in [0.5, 0.6) is 23.0 Å². The van der Waals surface area contributed by atoms with Gasteiger partial charge in [-0.1, -0.05) is 6.07 Å². The van der Waals surface area contributed by atoms with Crippen molar-refractivity contribution in [2.45, 2.75) is 39.3 Å². The SMILES string of the molecule is CN1CCN(C(=O)OC(C)(C)C)CCCOc2cc3c(ncnc3cc2O)Nc2c(ccc3c2OCO3)C1. The number of fused-ring (bicyclic) bond motifs is 4. The molecule has 0 saturated heterocycles. The number of aromatic hydroxyl groups is 1. The Kier molecular flexibility index (Phi) is 7.02. The first-order valence-electron chi connectivity index (χ1n) is 12.6. The number of carbonyl (C=O) groups excluding carboxylic acids is 1. The Morgan fingerprint density at radius 2 is 1.92 bits per heavy atom. The molecule has 0 fully saturated rings. The highest BCUT2D eigenvalue weighted by molar-refractivity contribution is 5.94. The van der Waals surface area contributed by atoms with Crippen LogP contribution in [0.15, 0.2) is 30.6 Å². The molecule has 11 nitrogen and oxygen atoms in total. The van der Waals surface area contributed by atoms with Gasteiger partial charge in [0.25, 0.3) is 0 Å². The fourth-order valence-corrected chi connectivity index (χ4v) is 4.41. The molecule has 2 aliphatic rings. The second-order valence-corrected chi connectivity index (χ2v) is 10.4. The molecule has 2 N–H and O–H groups in total. The second-order valence-electron chi connectivity index (χ2n) is 10.4. The summed E-state index contributed by atoms with van der Waals surface area (Å²) in [4.78, 5) is 25.6. The molecule has 1 aromatic heterocycles. The van der Waals surface area contributed by atoms with Gasteiger partial charge in [-0.15, -0.1) is 0 Å². The number of nitrogens with zero attached hydrogens (tertiary/aromatic N) is 4. The van der Waals surface area contributed by atoms with E-state index in [1.807, 2.05) is 40.0 Å². The number of ether oxygens (including phenoxy) is 4. The molecule has 0 atom stereocenters. The first kappa shape index (κ1) is 25.7. The molecule has 0 unspecified atom stereocenters. The van der Waals surface area contributed by atoms with Gasteiger partial charge in [0.15, 0.2) is 23.0 Å². The minimum Gasteiger partial charge on any atom is -0.504 e. The first-order chi connectivity index (χ1) is 18.2. The molecule has 0 spiro atoms.